The van der Waals surface area contributed by atoms with Gasteiger partial charge in [-0.3, -0.25) is 18.9 Å². The molecule has 0 saturated carbocycles. The average molecular weight is 403 g/mol. The predicted molar refractivity (Wildman–Crippen MR) is 115 cm³/mol. The fraction of sp³-hybridized carbons (Fsp3) is 0.368. The Balaban J connectivity index is 2.16. The summed E-state index contributed by atoms with van der Waals surface area (Å²) in [6, 6.07) is 3.74. The molecule has 2 aromatic rings. The van der Waals surface area contributed by atoms with Crippen molar-refractivity contribution in [3.63, 3.8) is 0 Å². The Kier molecular flexibility index (Phi) is 5.67. The van der Waals surface area contributed by atoms with Crippen LogP contribution in [0.25, 0.3) is 11.7 Å². The molecule has 1 unspecified atom stereocenters. The number of aryl methyl sites for hydroxylation is 1. The van der Waals surface area contributed by atoms with Crippen molar-refractivity contribution in [3.8, 4) is 0 Å². The molecule has 1 atom stereocenters. The number of thiocarbonyl (C=S) groups is 1. The lowest BCUT2D eigenvalue weighted by Crippen LogP contribution is -2.36. The summed E-state index contributed by atoms with van der Waals surface area (Å²) in [4.78, 5) is 32.5. The van der Waals surface area contributed by atoms with Gasteiger partial charge in [-0.1, -0.05) is 37.0 Å². The third kappa shape index (κ3) is 3.64. The monoisotopic (exact) mass is 402 g/mol. The van der Waals surface area contributed by atoms with Crippen LogP contribution >= 0.6 is 24.0 Å². The molecule has 0 aromatic carbocycles. The molecule has 1 N–H and O–H groups in total. The second-order valence-corrected chi connectivity index (χ2v) is 8.13. The van der Waals surface area contributed by atoms with Crippen molar-refractivity contribution in [1.82, 2.24) is 14.3 Å². The van der Waals surface area contributed by atoms with E-state index in [4.69, 9.17) is 12.2 Å². The van der Waals surface area contributed by atoms with Crippen molar-refractivity contribution in [2.75, 3.05) is 11.9 Å². The molecule has 1 saturated heterocycles. The molecule has 1 fully saturated rings. The molecule has 0 aliphatic carbocycles. The third-order valence-electron chi connectivity index (χ3n) is 4.48. The van der Waals surface area contributed by atoms with Gasteiger partial charge in [-0.05, 0) is 44.9 Å². The number of amides is 1. The molecule has 142 valence electrons. The number of hydrogen-bond acceptors (Lipinski definition) is 6. The summed E-state index contributed by atoms with van der Waals surface area (Å²) in [6.07, 6.45) is 4.17. The van der Waals surface area contributed by atoms with E-state index in [-0.39, 0.29) is 17.5 Å². The zero-order chi connectivity index (χ0) is 19.7. The minimum Gasteiger partial charge on any atom is -0.370 e. The number of anilines is 1. The second kappa shape index (κ2) is 7.82. The van der Waals surface area contributed by atoms with Gasteiger partial charge >= 0.3 is 0 Å². The van der Waals surface area contributed by atoms with E-state index in [0.29, 0.717) is 32.8 Å². The second-order valence-electron chi connectivity index (χ2n) is 6.45. The summed E-state index contributed by atoms with van der Waals surface area (Å²) in [5.74, 6) is 0.315. The van der Waals surface area contributed by atoms with Crippen LogP contribution in [-0.4, -0.2) is 37.1 Å². The summed E-state index contributed by atoms with van der Waals surface area (Å²) < 4.78 is 2.03. The largest absolute Gasteiger partial charge is 0.370 e. The maximum Gasteiger partial charge on any atom is 0.267 e. The summed E-state index contributed by atoms with van der Waals surface area (Å²) in [5, 5.41) is 3.13. The lowest BCUT2D eigenvalue weighted by molar-refractivity contribution is -0.123. The summed E-state index contributed by atoms with van der Waals surface area (Å²) in [6.45, 7) is 8.44. The standard InChI is InChI=1S/C19H22N4O2S2/c1-5-12(4)23-18(25)14(27-19(23)26)9-13-16(20-6-2)21-15-8-7-11(3)10-22(15)17(13)24/h7-10,12,20H,5-6H2,1-4H3. The number of carbonyl (C=O) groups excluding carboxylic acids is 1. The zero-order valence-corrected chi connectivity index (χ0v) is 17.4. The van der Waals surface area contributed by atoms with Gasteiger partial charge in [0, 0.05) is 18.8 Å². The molecular weight excluding hydrogens is 380 g/mol. The first-order valence-electron chi connectivity index (χ1n) is 8.91. The van der Waals surface area contributed by atoms with Crippen LogP contribution in [0.15, 0.2) is 28.0 Å². The smallest absolute Gasteiger partial charge is 0.267 e. The minimum atomic E-state index is -0.214. The van der Waals surface area contributed by atoms with Crippen LogP contribution in [-0.2, 0) is 4.79 Å². The van der Waals surface area contributed by atoms with Crippen molar-refractivity contribution < 1.29 is 4.79 Å². The van der Waals surface area contributed by atoms with E-state index in [1.807, 2.05) is 39.8 Å². The van der Waals surface area contributed by atoms with Crippen molar-refractivity contribution >= 4 is 51.7 Å². The van der Waals surface area contributed by atoms with Gasteiger partial charge in [-0.2, -0.15) is 0 Å². The number of pyridine rings is 1. The van der Waals surface area contributed by atoms with Gasteiger partial charge in [0.25, 0.3) is 11.5 Å². The lowest BCUT2D eigenvalue weighted by atomic mass is 10.2. The first-order valence-corrected chi connectivity index (χ1v) is 10.1. The minimum absolute atomic E-state index is 0.0233. The molecule has 1 amide bonds. The molecule has 6 nitrogen and oxygen atoms in total. The highest BCUT2D eigenvalue weighted by Gasteiger charge is 2.35. The molecule has 0 radical (unpaired) electrons. The van der Waals surface area contributed by atoms with E-state index in [2.05, 4.69) is 10.3 Å². The highest BCUT2D eigenvalue weighted by molar-refractivity contribution is 8.26. The quantitative estimate of drug-likeness (QED) is 0.610. The van der Waals surface area contributed by atoms with E-state index < -0.39 is 0 Å². The normalized spacial score (nSPS) is 17.2. The summed E-state index contributed by atoms with van der Waals surface area (Å²) in [5.41, 5.74) is 1.67. The molecule has 8 heteroatoms. The number of hydrogen-bond donors (Lipinski definition) is 1. The first-order chi connectivity index (χ1) is 12.9. The molecule has 0 bridgehead atoms. The van der Waals surface area contributed by atoms with Crippen LogP contribution < -0.4 is 10.9 Å². The SMILES string of the molecule is CCNc1nc2ccc(C)cn2c(=O)c1C=C1SC(=S)N(C(C)CC)C1=O. The van der Waals surface area contributed by atoms with Crippen molar-refractivity contribution in [2.24, 2.45) is 0 Å². The fourth-order valence-corrected chi connectivity index (χ4v) is 4.31. The van der Waals surface area contributed by atoms with Gasteiger partial charge in [0.05, 0.1) is 10.5 Å². The van der Waals surface area contributed by atoms with E-state index in [1.165, 1.54) is 16.2 Å². The van der Waals surface area contributed by atoms with E-state index in [0.717, 1.165) is 12.0 Å². The average Bonchev–Trinajstić information content (AvgIpc) is 2.92. The van der Waals surface area contributed by atoms with Crippen molar-refractivity contribution in [2.45, 2.75) is 40.2 Å². The summed E-state index contributed by atoms with van der Waals surface area (Å²) >= 11 is 6.61. The van der Waals surface area contributed by atoms with Crippen LogP contribution in [0.4, 0.5) is 5.82 Å². The lowest BCUT2D eigenvalue weighted by Gasteiger charge is -2.21. The molecule has 1 aliphatic heterocycles. The Hall–Kier alpha value is -2.19. The third-order valence-corrected chi connectivity index (χ3v) is 5.81. The summed E-state index contributed by atoms with van der Waals surface area (Å²) in [7, 11) is 0. The van der Waals surface area contributed by atoms with Gasteiger partial charge in [-0.25, -0.2) is 4.98 Å². The first kappa shape index (κ1) is 19.6. The molecule has 2 aromatic heterocycles. The molecule has 27 heavy (non-hydrogen) atoms. The van der Waals surface area contributed by atoms with Gasteiger partial charge in [0.1, 0.15) is 15.8 Å². The maximum absolute atomic E-state index is 13.1. The molecule has 3 heterocycles. The Morgan fingerprint density at radius 3 is 2.74 bits per heavy atom. The molecule has 0 spiro atoms. The van der Waals surface area contributed by atoms with Crippen LogP contribution in [0.5, 0.6) is 0 Å². The Morgan fingerprint density at radius 2 is 2.07 bits per heavy atom. The number of nitrogens with zero attached hydrogens (tertiary/aromatic N) is 3. The highest BCUT2D eigenvalue weighted by atomic mass is 32.2. The molecular formula is C19H22N4O2S2. The van der Waals surface area contributed by atoms with E-state index in [1.54, 1.807) is 17.2 Å². The fourth-order valence-electron chi connectivity index (χ4n) is 2.86. The Bertz CT molecular complexity index is 1010. The van der Waals surface area contributed by atoms with Crippen LogP contribution in [0.3, 0.4) is 0 Å². The number of aromatic nitrogens is 2. The van der Waals surface area contributed by atoms with Crippen LogP contribution in [0.2, 0.25) is 0 Å². The van der Waals surface area contributed by atoms with E-state index >= 15 is 0 Å². The Morgan fingerprint density at radius 1 is 1.33 bits per heavy atom. The van der Waals surface area contributed by atoms with Crippen LogP contribution in [0.1, 0.15) is 38.3 Å². The number of rotatable bonds is 5. The molecule has 3 rings (SSSR count). The van der Waals surface area contributed by atoms with Gasteiger partial charge in [0.15, 0.2) is 0 Å². The topological polar surface area (TPSA) is 66.7 Å². The van der Waals surface area contributed by atoms with E-state index in [9.17, 15) is 9.59 Å². The van der Waals surface area contributed by atoms with Crippen molar-refractivity contribution in [3.05, 3.63) is 44.7 Å². The van der Waals surface area contributed by atoms with Gasteiger partial charge in [-0.15, -0.1) is 0 Å². The maximum atomic E-state index is 13.1. The predicted octanol–water partition coefficient (Wildman–Crippen LogP) is 3.43. The van der Waals surface area contributed by atoms with Crippen LogP contribution in [0, 0.1) is 6.92 Å². The number of fused-ring (bicyclic) bond motifs is 1. The number of carbonyl (C=O) groups is 1. The zero-order valence-electron chi connectivity index (χ0n) is 15.8. The van der Waals surface area contributed by atoms with Gasteiger partial charge in [0.2, 0.25) is 0 Å². The van der Waals surface area contributed by atoms with Crippen molar-refractivity contribution in [1.29, 1.82) is 0 Å². The number of thioether (sulfide) groups is 1. The highest BCUT2D eigenvalue weighted by Crippen LogP contribution is 2.34. The number of nitrogens with one attached hydrogen (secondary N) is 1. The Labute approximate surface area is 167 Å². The van der Waals surface area contributed by atoms with Gasteiger partial charge < -0.3 is 5.32 Å². The molecule has 1 aliphatic rings.